The van der Waals surface area contributed by atoms with Gasteiger partial charge in [0.2, 0.25) is 5.91 Å². The number of hydrogen-bond acceptors (Lipinski definition) is 5. The van der Waals surface area contributed by atoms with Gasteiger partial charge in [0, 0.05) is 15.8 Å². The number of aryl methyl sites for hydroxylation is 2. The van der Waals surface area contributed by atoms with Gasteiger partial charge < -0.3 is 10.1 Å². The van der Waals surface area contributed by atoms with Gasteiger partial charge in [0.1, 0.15) is 10.6 Å². The average Bonchev–Trinajstić information content (AvgIpc) is 3.16. The molecule has 0 saturated heterocycles. The molecule has 0 radical (unpaired) electrons. The van der Waals surface area contributed by atoms with Gasteiger partial charge in [-0.05, 0) is 36.6 Å². The molecule has 0 fully saturated rings. The molecule has 0 bridgehead atoms. The minimum Gasteiger partial charge on any atom is -0.465 e. The lowest BCUT2D eigenvalue weighted by atomic mass is 10.0. The fourth-order valence-corrected chi connectivity index (χ4v) is 4.51. The summed E-state index contributed by atoms with van der Waals surface area (Å²) >= 11 is 2.79. The van der Waals surface area contributed by atoms with Crippen LogP contribution in [0.15, 0.2) is 58.8 Å². The Labute approximate surface area is 179 Å². The monoisotopic (exact) mass is 425 g/mol. The number of amides is 1. The molecule has 1 heterocycles. The summed E-state index contributed by atoms with van der Waals surface area (Å²) in [5, 5.41) is 5.28. The zero-order chi connectivity index (χ0) is 20.8. The van der Waals surface area contributed by atoms with Crippen LogP contribution in [0.1, 0.15) is 28.4 Å². The van der Waals surface area contributed by atoms with E-state index in [1.165, 1.54) is 41.3 Å². The van der Waals surface area contributed by atoms with E-state index in [0.717, 1.165) is 22.4 Å². The zero-order valence-electron chi connectivity index (χ0n) is 16.7. The fraction of sp³-hybridized carbons (Fsp3) is 0.217. The summed E-state index contributed by atoms with van der Waals surface area (Å²) in [6.45, 7) is 4.13. The molecule has 4 nitrogen and oxygen atoms in total. The molecule has 29 heavy (non-hydrogen) atoms. The molecule has 0 aliphatic carbocycles. The number of esters is 1. The summed E-state index contributed by atoms with van der Waals surface area (Å²) < 4.78 is 4.98. The van der Waals surface area contributed by atoms with Gasteiger partial charge in [-0.25, -0.2) is 4.79 Å². The number of hydrogen-bond donors (Lipinski definition) is 1. The van der Waals surface area contributed by atoms with Crippen molar-refractivity contribution < 1.29 is 14.3 Å². The van der Waals surface area contributed by atoms with E-state index >= 15 is 0 Å². The third-order valence-electron chi connectivity index (χ3n) is 4.50. The van der Waals surface area contributed by atoms with Gasteiger partial charge in [-0.2, -0.15) is 0 Å². The molecule has 0 spiro atoms. The van der Waals surface area contributed by atoms with Gasteiger partial charge >= 0.3 is 5.97 Å². The molecule has 150 valence electrons. The van der Waals surface area contributed by atoms with Crippen LogP contribution >= 0.6 is 23.1 Å². The van der Waals surface area contributed by atoms with Crippen molar-refractivity contribution in [2.45, 2.75) is 25.2 Å². The first kappa shape index (κ1) is 21.1. The fourth-order valence-electron chi connectivity index (χ4n) is 2.83. The smallest absolute Gasteiger partial charge is 0.341 e. The van der Waals surface area contributed by atoms with Crippen molar-refractivity contribution in [1.82, 2.24) is 0 Å². The summed E-state index contributed by atoms with van der Waals surface area (Å²) in [6, 6.07) is 16.1. The van der Waals surface area contributed by atoms with Gasteiger partial charge in [-0.15, -0.1) is 23.1 Å². The molecule has 0 atom stereocenters. The van der Waals surface area contributed by atoms with Crippen molar-refractivity contribution in [3.8, 4) is 11.1 Å². The molecule has 0 aliphatic rings. The Hall–Kier alpha value is -2.57. The summed E-state index contributed by atoms with van der Waals surface area (Å²) in [6.07, 6.45) is 0.952. The Morgan fingerprint density at radius 3 is 2.38 bits per heavy atom. The number of ether oxygens (including phenoxy) is 1. The number of thiophene rings is 1. The highest BCUT2D eigenvalue weighted by Gasteiger charge is 2.22. The van der Waals surface area contributed by atoms with Gasteiger partial charge in [0.25, 0.3) is 0 Å². The Bertz CT molecular complexity index is 992. The number of carbonyl (C=O) groups is 2. The topological polar surface area (TPSA) is 55.4 Å². The van der Waals surface area contributed by atoms with Crippen LogP contribution in [0, 0.1) is 6.92 Å². The minimum atomic E-state index is -0.456. The second-order valence-electron chi connectivity index (χ2n) is 6.55. The second kappa shape index (κ2) is 9.76. The molecule has 6 heteroatoms. The van der Waals surface area contributed by atoms with E-state index in [1.807, 2.05) is 60.8 Å². The van der Waals surface area contributed by atoms with Gasteiger partial charge in [-0.1, -0.05) is 48.9 Å². The highest BCUT2D eigenvalue weighted by atomic mass is 32.2. The Morgan fingerprint density at radius 2 is 1.76 bits per heavy atom. The highest BCUT2D eigenvalue weighted by Crippen LogP contribution is 2.36. The van der Waals surface area contributed by atoms with E-state index in [2.05, 4.69) is 12.2 Å². The van der Waals surface area contributed by atoms with E-state index in [9.17, 15) is 9.59 Å². The van der Waals surface area contributed by atoms with Crippen LogP contribution in [0.2, 0.25) is 0 Å². The number of nitrogens with one attached hydrogen (secondary N) is 1. The summed E-state index contributed by atoms with van der Waals surface area (Å²) in [5.74, 6) is -0.347. The maximum absolute atomic E-state index is 12.5. The van der Waals surface area contributed by atoms with Crippen LogP contribution in [0.4, 0.5) is 5.00 Å². The SMILES string of the molecule is CCc1ccc(-c2csc(NC(=O)CSc3ccc(C)cc3)c2C(=O)OC)cc1. The lowest BCUT2D eigenvalue weighted by Crippen LogP contribution is -2.16. The first-order valence-corrected chi connectivity index (χ1v) is 11.2. The van der Waals surface area contributed by atoms with E-state index in [-0.39, 0.29) is 11.7 Å². The third-order valence-corrected chi connectivity index (χ3v) is 6.41. The van der Waals surface area contributed by atoms with E-state index in [0.29, 0.717) is 10.6 Å². The molecule has 3 rings (SSSR count). The highest BCUT2D eigenvalue weighted by molar-refractivity contribution is 8.00. The molecular weight excluding hydrogens is 402 g/mol. The van der Waals surface area contributed by atoms with Crippen LogP contribution in [-0.4, -0.2) is 24.7 Å². The average molecular weight is 426 g/mol. The van der Waals surface area contributed by atoms with E-state index in [1.54, 1.807) is 0 Å². The standard InChI is InChI=1S/C23H23NO3S2/c1-4-16-7-9-17(10-8-16)19-13-29-22(21(19)23(26)27-3)24-20(25)14-28-18-11-5-15(2)6-12-18/h5-13H,4,14H2,1-3H3,(H,24,25). The van der Waals surface area contributed by atoms with Crippen molar-refractivity contribution in [2.24, 2.45) is 0 Å². The molecule has 1 aromatic heterocycles. The van der Waals surface area contributed by atoms with Crippen LogP contribution in [-0.2, 0) is 16.0 Å². The molecule has 0 unspecified atom stereocenters. The normalized spacial score (nSPS) is 10.6. The largest absolute Gasteiger partial charge is 0.465 e. The lowest BCUT2D eigenvalue weighted by molar-refractivity contribution is -0.113. The molecular formula is C23H23NO3S2. The number of thioether (sulfide) groups is 1. The predicted molar refractivity (Wildman–Crippen MR) is 121 cm³/mol. The number of methoxy groups -OCH3 is 1. The van der Waals surface area contributed by atoms with Crippen molar-refractivity contribution in [1.29, 1.82) is 0 Å². The third kappa shape index (κ3) is 5.28. The minimum absolute atomic E-state index is 0.157. The van der Waals surface area contributed by atoms with Crippen LogP contribution in [0.3, 0.4) is 0 Å². The van der Waals surface area contributed by atoms with Crippen molar-refractivity contribution in [3.05, 3.63) is 70.6 Å². The first-order chi connectivity index (χ1) is 14.0. The molecule has 3 aromatic rings. The molecule has 1 N–H and O–H groups in total. The Morgan fingerprint density at radius 1 is 1.07 bits per heavy atom. The molecule has 2 aromatic carbocycles. The van der Waals surface area contributed by atoms with Crippen LogP contribution < -0.4 is 5.32 Å². The lowest BCUT2D eigenvalue weighted by Gasteiger charge is -2.08. The molecule has 1 amide bonds. The summed E-state index contributed by atoms with van der Waals surface area (Å²) in [7, 11) is 1.35. The van der Waals surface area contributed by atoms with E-state index in [4.69, 9.17) is 4.74 Å². The zero-order valence-corrected chi connectivity index (χ0v) is 18.3. The Balaban J connectivity index is 1.77. The van der Waals surface area contributed by atoms with Gasteiger partial charge in [0.05, 0.1) is 12.9 Å². The quantitative estimate of drug-likeness (QED) is 0.384. The summed E-state index contributed by atoms with van der Waals surface area (Å²) in [4.78, 5) is 25.9. The van der Waals surface area contributed by atoms with Crippen molar-refractivity contribution >= 4 is 40.0 Å². The first-order valence-electron chi connectivity index (χ1n) is 9.30. The maximum atomic E-state index is 12.5. The molecule has 0 aliphatic heterocycles. The number of carbonyl (C=O) groups excluding carboxylic acids is 2. The van der Waals surface area contributed by atoms with E-state index < -0.39 is 5.97 Å². The van der Waals surface area contributed by atoms with Crippen LogP contribution in [0.25, 0.3) is 11.1 Å². The van der Waals surface area contributed by atoms with Gasteiger partial charge in [-0.3, -0.25) is 4.79 Å². The Kier molecular flexibility index (Phi) is 7.12. The molecule has 0 saturated carbocycles. The number of benzene rings is 2. The second-order valence-corrected chi connectivity index (χ2v) is 8.47. The number of rotatable bonds is 7. The summed E-state index contributed by atoms with van der Waals surface area (Å²) in [5.41, 5.74) is 4.50. The van der Waals surface area contributed by atoms with Crippen molar-refractivity contribution in [3.63, 3.8) is 0 Å². The van der Waals surface area contributed by atoms with Crippen LogP contribution in [0.5, 0.6) is 0 Å². The number of anilines is 1. The van der Waals surface area contributed by atoms with Gasteiger partial charge in [0.15, 0.2) is 0 Å². The maximum Gasteiger partial charge on any atom is 0.341 e. The van der Waals surface area contributed by atoms with Crippen molar-refractivity contribution in [2.75, 3.05) is 18.2 Å². The predicted octanol–water partition coefficient (Wildman–Crippen LogP) is 5.80.